The van der Waals surface area contributed by atoms with Crippen molar-refractivity contribution in [3.63, 3.8) is 0 Å². The Morgan fingerprint density at radius 3 is 2.40 bits per heavy atom. The molecule has 0 aliphatic rings. The van der Waals surface area contributed by atoms with Crippen LogP contribution in [-0.4, -0.2) is 6.54 Å². The number of alkyl halides is 3. The smallest absolute Gasteiger partial charge is 0.326 e. The van der Waals surface area contributed by atoms with E-state index in [-0.39, 0.29) is 17.7 Å². The van der Waals surface area contributed by atoms with Crippen molar-refractivity contribution in [2.45, 2.75) is 6.18 Å². The Balaban J connectivity index is 3.33. The third-order valence-corrected chi connectivity index (χ3v) is 1.91. The van der Waals surface area contributed by atoms with E-state index in [9.17, 15) is 17.6 Å². The molecule has 1 nitrogen and oxygen atoms in total. The average molecular weight is 219 g/mol. The molecule has 0 fully saturated rings. The van der Waals surface area contributed by atoms with Gasteiger partial charge in [0.25, 0.3) is 0 Å². The minimum absolute atomic E-state index is 0.102. The van der Waals surface area contributed by atoms with Gasteiger partial charge in [-0.05, 0) is 23.3 Å². The van der Waals surface area contributed by atoms with E-state index in [2.05, 4.69) is 6.58 Å². The van der Waals surface area contributed by atoms with Crippen LogP contribution in [0, 0.1) is 5.82 Å². The van der Waals surface area contributed by atoms with Crippen LogP contribution in [0.1, 0.15) is 11.1 Å². The second-order valence-corrected chi connectivity index (χ2v) is 3.00. The Labute approximate surface area is 84.2 Å². The molecule has 0 atom stereocenters. The third-order valence-electron chi connectivity index (χ3n) is 1.91. The lowest BCUT2D eigenvalue weighted by atomic mass is 10.0. The van der Waals surface area contributed by atoms with Crippen LogP contribution in [-0.2, 0) is 6.18 Å². The molecule has 0 bridgehead atoms. The summed E-state index contributed by atoms with van der Waals surface area (Å²) in [6.45, 7) is 3.30. The van der Waals surface area contributed by atoms with E-state index in [0.717, 1.165) is 12.1 Å². The van der Waals surface area contributed by atoms with Crippen molar-refractivity contribution < 1.29 is 17.6 Å². The van der Waals surface area contributed by atoms with Crippen molar-refractivity contribution in [3.8, 4) is 0 Å². The molecule has 0 amide bonds. The van der Waals surface area contributed by atoms with E-state index >= 15 is 0 Å². The molecule has 1 aromatic rings. The van der Waals surface area contributed by atoms with Crippen molar-refractivity contribution in [3.05, 3.63) is 41.7 Å². The molecular weight excluding hydrogens is 210 g/mol. The highest BCUT2D eigenvalue weighted by Crippen LogP contribution is 2.34. The summed E-state index contributed by atoms with van der Waals surface area (Å²) in [6.07, 6.45) is -4.60. The van der Waals surface area contributed by atoms with Crippen LogP contribution in [0.15, 0.2) is 24.8 Å². The summed E-state index contributed by atoms with van der Waals surface area (Å²) < 4.78 is 50.1. The lowest BCUT2D eigenvalue weighted by Gasteiger charge is -2.13. The molecule has 15 heavy (non-hydrogen) atoms. The first-order valence-electron chi connectivity index (χ1n) is 4.11. The van der Waals surface area contributed by atoms with Gasteiger partial charge < -0.3 is 5.73 Å². The molecule has 0 unspecified atom stereocenters. The lowest BCUT2D eigenvalue weighted by Crippen LogP contribution is -2.12. The van der Waals surface area contributed by atoms with Gasteiger partial charge >= 0.3 is 6.18 Å². The predicted octanol–water partition coefficient (Wildman–Crippen LogP) is 2.82. The minimum Gasteiger partial charge on any atom is -0.326 e. The predicted molar refractivity (Wildman–Crippen MR) is 49.5 cm³/mol. The number of hydrogen-bond donors (Lipinski definition) is 1. The fourth-order valence-corrected chi connectivity index (χ4v) is 1.17. The van der Waals surface area contributed by atoms with Crippen LogP contribution in [0.2, 0.25) is 0 Å². The van der Waals surface area contributed by atoms with Crippen molar-refractivity contribution in [1.29, 1.82) is 0 Å². The average Bonchev–Trinajstić information content (AvgIpc) is 2.15. The number of hydrogen-bond acceptors (Lipinski definition) is 1. The van der Waals surface area contributed by atoms with Crippen LogP contribution in [0.4, 0.5) is 17.6 Å². The summed E-state index contributed by atoms with van der Waals surface area (Å²) in [5.41, 5.74) is 4.12. The SMILES string of the molecule is C=C(CN)c1ccc(F)cc1C(F)(F)F. The maximum absolute atomic E-state index is 12.7. The van der Waals surface area contributed by atoms with Gasteiger partial charge in [-0.25, -0.2) is 4.39 Å². The minimum atomic E-state index is -4.60. The number of rotatable bonds is 2. The largest absolute Gasteiger partial charge is 0.417 e. The van der Waals surface area contributed by atoms with Crippen molar-refractivity contribution in [2.24, 2.45) is 5.73 Å². The monoisotopic (exact) mass is 219 g/mol. The molecule has 0 aliphatic carbocycles. The first-order chi connectivity index (χ1) is 6.86. The topological polar surface area (TPSA) is 26.0 Å². The third kappa shape index (κ3) is 2.56. The summed E-state index contributed by atoms with van der Waals surface area (Å²) in [5, 5.41) is 0. The Morgan fingerprint density at radius 1 is 1.33 bits per heavy atom. The van der Waals surface area contributed by atoms with E-state index in [1.165, 1.54) is 0 Å². The second-order valence-electron chi connectivity index (χ2n) is 3.00. The molecule has 1 aromatic carbocycles. The van der Waals surface area contributed by atoms with Crippen molar-refractivity contribution in [1.82, 2.24) is 0 Å². The summed E-state index contributed by atoms with van der Waals surface area (Å²) in [5.74, 6) is -0.934. The highest BCUT2D eigenvalue weighted by molar-refractivity contribution is 5.68. The zero-order valence-electron chi connectivity index (χ0n) is 7.74. The molecule has 0 aliphatic heterocycles. The maximum Gasteiger partial charge on any atom is 0.417 e. The molecule has 82 valence electrons. The van der Waals surface area contributed by atoms with Gasteiger partial charge in [0, 0.05) is 6.54 Å². The zero-order valence-corrected chi connectivity index (χ0v) is 7.74. The van der Waals surface area contributed by atoms with E-state index < -0.39 is 17.6 Å². The van der Waals surface area contributed by atoms with Gasteiger partial charge in [0.1, 0.15) is 5.82 Å². The number of halogens is 4. The van der Waals surface area contributed by atoms with Gasteiger partial charge in [0.15, 0.2) is 0 Å². The standard InChI is InChI=1S/C10H9F4N/c1-6(5-15)8-3-2-7(11)4-9(8)10(12,13)14/h2-4H,1,5,15H2. The summed E-state index contributed by atoms with van der Waals surface area (Å²) >= 11 is 0. The molecule has 1 rings (SSSR count). The van der Waals surface area contributed by atoms with E-state index in [0.29, 0.717) is 6.07 Å². The van der Waals surface area contributed by atoms with Crippen LogP contribution in [0.3, 0.4) is 0 Å². The molecule has 0 aromatic heterocycles. The first kappa shape index (κ1) is 11.7. The van der Waals surface area contributed by atoms with Crippen LogP contribution >= 0.6 is 0 Å². The second kappa shape index (κ2) is 4.02. The van der Waals surface area contributed by atoms with Crippen LogP contribution < -0.4 is 5.73 Å². The Kier molecular flexibility index (Phi) is 3.14. The normalized spacial score (nSPS) is 11.5. The number of benzene rings is 1. The quantitative estimate of drug-likeness (QED) is 0.760. The van der Waals surface area contributed by atoms with E-state index in [1.807, 2.05) is 0 Å². The Morgan fingerprint density at radius 2 is 1.93 bits per heavy atom. The van der Waals surface area contributed by atoms with E-state index in [1.54, 1.807) is 0 Å². The molecule has 0 spiro atoms. The highest BCUT2D eigenvalue weighted by atomic mass is 19.4. The molecule has 0 saturated heterocycles. The summed E-state index contributed by atoms with van der Waals surface area (Å²) in [7, 11) is 0. The van der Waals surface area contributed by atoms with Crippen molar-refractivity contribution >= 4 is 5.57 Å². The maximum atomic E-state index is 12.7. The van der Waals surface area contributed by atoms with Crippen molar-refractivity contribution in [2.75, 3.05) is 6.54 Å². The highest BCUT2D eigenvalue weighted by Gasteiger charge is 2.34. The van der Waals surface area contributed by atoms with Gasteiger partial charge in [-0.3, -0.25) is 0 Å². The van der Waals surface area contributed by atoms with Gasteiger partial charge in [-0.1, -0.05) is 12.6 Å². The number of nitrogens with two attached hydrogens (primary N) is 1. The molecule has 2 N–H and O–H groups in total. The molecule has 0 saturated carbocycles. The van der Waals surface area contributed by atoms with Gasteiger partial charge in [0.05, 0.1) is 5.56 Å². The van der Waals surface area contributed by atoms with Crippen LogP contribution in [0.25, 0.3) is 5.57 Å². The molecule has 0 radical (unpaired) electrons. The zero-order chi connectivity index (χ0) is 11.6. The Bertz CT molecular complexity index is 381. The fraction of sp³-hybridized carbons (Fsp3) is 0.200. The summed E-state index contributed by atoms with van der Waals surface area (Å²) in [6, 6.07) is 2.43. The van der Waals surface area contributed by atoms with Crippen LogP contribution in [0.5, 0.6) is 0 Å². The van der Waals surface area contributed by atoms with Gasteiger partial charge in [-0.15, -0.1) is 0 Å². The molecule has 5 heteroatoms. The van der Waals surface area contributed by atoms with Gasteiger partial charge in [0.2, 0.25) is 0 Å². The fourth-order valence-electron chi connectivity index (χ4n) is 1.17. The van der Waals surface area contributed by atoms with Gasteiger partial charge in [-0.2, -0.15) is 13.2 Å². The van der Waals surface area contributed by atoms with E-state index in [4.69, 9.17) is 5.73 Å². The molecular formula is C10H9F4N. The lowest BCUT2D eigenvalue weighted by molar-refractivity contribution is -0.138. The summed E-state index contributed by atoms with van der Waals surface area (Å²) in [4.78, 5) is 0. The molecule has 0 heterocycles. The first-order valence-corrected chi connectivity index (χ1v) is 4.11. The Hall–Kier alpha value is -1.36.